The number of phenols is 1. The molecule has 5 rings (SSSR count). The first-order chi connectivity index (χ1) is 17.3. The Hall–Kier alpha value is -3.65. The summed E-state index contributed by atoms with van der Waals surface area (Å²) >= 11 is 13.3. The normalized spacial score (nSPS) is 15.4. The van der Waals surface area contributed by atoms with Crippen molar-refractivity contribution in [2.24, 2.45) is 4.99 Å². The van der Waals surface area contributed by atoms with Crippen LogP contribution >= 0.6 is 34.5 Å². The summed E-state index contributed by atoms with van der Waals surface area (Å²) in [4.78, 5) is 32.2. The quantitative estimate of drug-likeness (QED) is 0.390. The van der Waals surface area contributed by atoms with Gasteiger partial charge >= 0.3 is 0 Å². The number of hydrogen-bond acceptors (Lipinski definition) is 5. The van der Waals surface area contributed by atoms with Gasteiger partial charge in [-0.05, 0) is 42.8 Å². The number of rotatable bonds is 4. The Balaban J connectivity index is 1.69. The Labute approximate surface area is 220 Å². The molecule has 2 N–H and O–H groups in total. The highest BCUT2D eigenvalue weighted by Crippen LogP contribution is 2.32. The van der Waals surface area contributed by atoms with Gasteiger partial charge in [-0.3, -0.25) is 14.2 Å². The number of carbonyl (C=O) groups excluding carboxylic acids is 1. The molecule has 0 bridgehead atoms. The summed E-state index contributed by atoms with van der Waals surface area (Å²) in [5.41, 5.74) is 2.26. The maximum atomic E-state index is 13.7. The zero-order valence-electron chi connectivity index (χ0n) is 18.9. The molecule has 1 aromatic heterocycles. The minimum atomic E-state index is -0.690. The van der Waals surface area contributed by atoms with E-state index in [0.717, 1.165) is 16.9 Å². The summed E-state index contributed by atoms with van der Waals surface area (Å²) in [7, 11) is 0. The number of carbonyl (C=O) groups is 1. The summed E-state index contributed by atoms with van der Waals surface area (Å²) in [5.74, 6) is -0.518. The summed E-state index contributed by atoms with van der Waals surface area (Å²) in [6, 6.07) is 20.7. The molecule has 0 radical (unpaired) electrons. The second kappa shape index (κ2) is 9.78. The molecule has 4 aromatic rings. The van der Waals surface area contributed by atoms with Crippen LogP contribution in [0, 0.1) is 0 Å². The Kier molecular flexibility index (Phi) is 6.53. The Bertz CT molecular complexity index is 1690. The van der Waals surface area contributed by atoms with Crippen molar-refractivity contribution in [2.75, 3.05) is 5.32 Å². The molecule has 9 heteroatoms. The van der Waals surface area contributed by atoms with Crippen molar-refractivity contribution in [3.05, 3.63) is 125 Å². The number of halogens is 2. The molecule has 2 heterocycles. The number of allylic oxidation sites excluding steroid dienone is 1. The van der Waals surface area contributed by atoms with Gasteiger partial charge in [-0.1, -0.05) is 83.1 Å². The van der Waals surface area contributed by atoms with Crippen LogP contribution in [0.3, 0.4) is 0 Å². The lowest BCUT2D eigenvalue weighted by Crippen LogP contribution is -2.40. The zero-order chi connectivity index (χ0) is 25.4. The number of anilines is 1. The number of amides is 1. The van der Waals surface area contributed by atoms with Gasteiger partial charge in [0.1, 0.15) is 5.75 Å². The van der Waals surface area contributed by atoms with Crippen molar-refractivity contribution in [3.63, 3.8) is 0 Å². The van der Waals surface area contributed by atoms with Gasteiger partial charge in [0.05, 0.1) is 26.9 Å². The van der Waals surface area contributed by atoms with Gasteiger partial charge in [0.15, 0.2) is 4.80 Å². The van der Waals surface area contributed by atoms with E-state index < -0.39 is 6.04 Å². The van der Waals surface area contributed by atoms with Crippen LogP contribution in [0.15, 0.2) is 93.9 Å². The van der Waals surface area contributed by atoms with Crippen LogP contribution in [0.4, 0.5) is 5.69 Å². The van der Waals surface area contributed by atoms with Crippen LogP contribution < -0.4 is 20.2 Å². The highest BCUT2D eigenvalue weighted by molar-refractivity contribution is 7.07. The third kappa shape index (κ3) is 4.48. The SMILES string of the molecule is CC1=C(C(=O)Nc2ccccc2)[C@H](c2ccccc2)n2c(s/c(=C\c3cc(Cl)cc(Cl)c3O)c2=O)=N1. The minimum Gasteiger partial charge on any atom is -0.506 e. The lowest BCUT2D eigenvalue weighted by Gasteiger charge is -2.25. The molecule has 3 aromatic carbocycles. The lowest BCUT2D eigenvalue weighted by atomic mass is 9.95. The van der Waals surface area contributed by atoms with E-state index in [0.29, 0.717) is 36.9 Å². The van der Waals surface area contributed by atoms with Crippen LogP contribution in [0.2, 0.25) is 10.0 Å². The number of para-hydroxylation sites is 1. The molecule has 1 aliphatic heterocycles. The molecule has 0 fully saturated rings. The van der Waals surface area contributed by atoms with Crippen molar-refractivity contribution in [3.8, 4) is 5.75 Å². The monoisotopic (exact) mass is 535 g/mol. The Morgan fingerprint density at radius 3 is 2.44 bits per heavy atom. The Morgan fingerprint density at radius 2 is 1.75 bits per heavy atom. The average molecular weight is 536 g/mol. The maximum Gasteiger partial charge on any atom is 0.271 e. The third-order valence-corrected chi connectivity index (χ3v) is 7.25. The van der Waals surface area contributed by atoms with Crippen LogP contribution in [-0.4, -0.2) is 15.6 Å². The topological polar surface area (TPSA) is 83.7 Å². The van der Waals surface area contributed by atoms with Gasteiger partial charge in [-0.15, -0.1) is 0 Å². The van der Waals surface area contributed by atoms with Crippen molar-refractivity contribution in [1.82, 2.24) is 4.57 Å². The summed E-state index contributed by atoms with van der Waals surface area (Å²) in [5, 5.41) is 13.7. The second-order valence-electron chi connectivity index (χ2n) is 8.14. The third-order valence-electron chi connectivity index (χ3n) is 5.76. The summed E-state index contributed by atoms with van der Waals surface area (Å²) < 4.78 is 1.84. The predicted molar refractivity (Wildman–Crippen MR) is 143 cm³/mol. The van der Waals surface area contributed by atoms with Gasteiger partial charge in [-0.2, -0.15) is 0 Å². The zero-order valence-corrected chi connectivity index (χ0v) is 21.2. The standard InChI is InChI=1S/C27H19Cl2N3O3S/c1-15-22(25(34)31-19-10-6-3-7-11-19)23(16-8-4-2-5-9-16)32-26(35)21(36-27(32)30-15)13-17-12-18(28)14-20(29)24(17)33/h2-14,23,33H,1H3,(H,31,34)/b21-13-/t23-/m0/s1. The molecule has 0 saturated carbocycles. The lowest BCUT2D eigenvalue weighted by molar-refractivity contribution is -0.113. The van der Waals surface area contributed by atoms with Crippen molar-refractivity contribution in [2.45, 2.75) is 13.0 Å². The minimum absolute atomic E-state index is 0.0828. The predicted octanol–water partition coefficient (Wildman–Crippen LogP) is 4.89. The van der Waals surface area contributed by atoms with Crippen LogP contribution in [-0.2, 0) is 4.79 Å². The smallest absolute Gasteiger partial charge is 0.271 e. The molecule has 6 nitrogen and oxygen atoms in total. The average Bonchev–Trinajstić information content (AvgIpc) is 3.16. The molecule has 1 atom stereocenters. The number of benzene rings is 3. The first kappa shape index (κ1) is 24.1. The van der Waals surface area contributed by atoms with E-state index in [1.807, 2.05) is 48.5 Å². The van der Waals surface area contributed by atoms with Crippen LogP contribution in [0.25, 0.3) is 6.08 Å². The highest BCUT2D eigenvalue weighted by atomic mass is 35.5. The van der Waals surface area contributed by atoms with Gasteiger partial charge in [0, 0.05) is 16.3 Å². The molecule has 0 saturated heterocycles. The van der Waals surface area contributed by atoms with E-state index in [4.69, 9.17) is 23.2 Å². The van der Waals surface area contributed by atoms with Crippen LogP contribution in [0.1, 0.15) is 24.1 Å². The molecule has 0 spiro atoms. The van der Waals surface area contributed by atoms with Crippen molar-refractivity contribution < 1.29 is 9.90 Å². The molecular weight excluding hydrogens is 517 g/mol. The number of aromatic hydroxyl groups is 1. The molecule has 36 heavy (non-hydrogen) atoms. The van der Waals surface area contributed by atoms with Gasteiger partial charge in [0.25, 0.3) is 11.5 Å². The van der Waals surface area contributed by atoms with E-state index in [1.54, 1.807) is 19.1 Å². The number of phenolic OH excluding ortho intramolecular Hbond substituents is 1. The first-order valence-corrected chi connectivity index (χ1v) is 12.5. The maximum absolute atomic E-state index is 13.7. The molecule has 1 aliphatic rings. The van der Waals surface area contributed by atoms with E-state index in [-0.39, 0.29) is 22.2 Å². The fourth-order valence-corrected chi connectivity index (χ4v) is 5.67. The number of fused-ring (bicyclic) bond motifs is 1. The van der Waals surface area contributed by atoms with E-state index in [9.17, 15) is 14.7 Å². The highest BCUT2D eigenvalue weighted by Gasteiger charge is 2.32. The van der Waals surface area contributed by atoms with E-state index >= 15 is 0 Å². The van der Waals surface area contributed by atoms with E-state index in [2.05, 4.69) is 10.3 Å². The first-order valence-electron chi connectivity index (χ1n) is 11.0. The molecule has 1 amide bonds. The number of nitrogens with zero attached hydrogens (tertiary/aromatic N) is 2. The summed E-state index contributed by atoms with van der Waals surface area (Å²) in [6.45, 7) is 1.76. The van der Waals surface area contributed by atoms with Gasteiger partial charge < -0.3 is 10.4 Å². The van der Waals surface area contributed by atoms with Crippen molar-refractivity contribution in [1.29, 1.82) is 0 Å². The Morgan fingerprint density at radius 1 is 1.08 bits per heavy atom. The van der Waals surface area contributed by atoms with Gasteiger partial charge in [0.2, 0.25) is 0 Å². The molecule has 180 valence electrons. The molecular formula is C27H19Cl2N3O3S. The fraction of sp³-hybridized carbons (Fsp3) is 0.0741. The number of hydrogen-bond donors (Lipinski definition) is 2. The van der Waals surface area contributed by atoms with E-state index in [1.165, 1.54) is 22.8 Å². The van der Waals surface area contributed by atoms with Crippen LogP contribution in [0.5, 0.6) is 5.75 Å². The molecule has 0 aliphatic carbocycles. The summed E-state index contributed by atoms with van der Waals surface area (Å²) in [6.07, 6.45) is 1.53. The fourth-order valence-electron chi connectivity index (χ4n) is 4.12. The number of thiazole rings is 1. The van der Waals surface area contributed by atoms with Crippen molar-refractivity contribution >= 4 is 52.2 Å². The number of aromatic nitrogens is 1. The largest absolute Gasteiger partial charge is 0.506 e. The molecule has 0 unspecified atom stereocenters. The second-order valence-corrected chi connectivity index (χ2v) is 9.99. The van der Waals surface area contributed by atoms with Gasteiger partial charge in [-0.25, -0.2) is 4.99 Å². The number of nitrogens with one attached hydrogen (secondary N) is 1.